The first-order chi connectivity index (χ1) is 13.6. The van der Waals surface area contributed by atoms with E-state index in [1.165, 1.54) is 30.4 Å². The molecule has 0 amide bonds. The van der Waals surface area contributed by atoms with Crippen LogP contribution in [0.2, 0.25) is 39.3 Å². The van der Waals surface area contributed by atoms with Crippen LogP contribution in [-0.2, 0) is 9.84 Å². The van der Waals surface area contributed by atoms with E-state index in [1.807, 2.05) is 0 Å². The maximum atomic E-state index is 6.96. The summed E-state index contributed by atoms with van der Waals surface area (Å²) >= 11 is 0. The molecule has 0 heterocycles. The van der Waals surface area contributed by atoms with Crippen molar-refractivity contribution >= 4 is 16.6 Å². The zero-order valence-electron chi connectivity index (χ0n) is 21.5. The summed E-state index contributed by atoms with van der Waals surface area (Å²) in [5.41, 5.74) is 5.05. The summed E-state index contributed by atoms with van der Waals surface area (Å²) in [5.74, 6) is 2.20. The van der Waals surface area contributed by atoms with E-state index in [4.69, 9.17) is 8.85 Å². The fourth-order valence-electron chi connectivity index (χ4n) is 6.37. The molecular weight excluding hydrogens is 400 g/mol. The second-order valence-corrected chi connectivity index (χ2v) is 22.0. The summed E-state index contributed by atoms with van der Waals surface area (Å²) in [6.45, 7) is 26.1. The van der Waals surface area contributed by atoms with Gasteiger partial charge in [-0.2, -0.15) is 0 Å². The lowest BCUT2D eigenvalue weighted by molar-refractivity contribution is -0.00187. The van der Waals surface area contributed by atoms with E-state index in [1.54, 1.807) is 5.56 Å². The first-order valence-electron chi connectivity index (χ1n) is 12.1. The minimum atomic E-state index is -1.70. The molecule has 1 saturated carbocycles. The summed E-state index contributed by atoms with van der Waals surface area (Å²) < 4.78 is 13.6. The molecule has 0 N–H and O–H groups in total. The van der Waals surface area contributed by atoms with Gasteiger partial charge in [-0.05, 0) is 98.4 Å². The van der Waals surface area contributed by atoms with Crippen LogP contribution in [0.4, 0.5) is 0 Å². The molecule has 1 fully saturated rings. The van der Waals surface area contributed by atoms with E-state index >= 15 is 0 Å². The Bertz CT molecular complexity index is 785. The molecule has 0 aromatic heterocycles. The maximum absolute atomic E-state index is 6.96. The first kappa shape index (κ1) is 24.1. The monoisotopic (exact) mass is 446 g/mol. The molecule has 0 spiro atoms. The van der Waals surface area contributed by atoms with Gasteiger partial charge in [0.05, 0.1) is 6.10 Å². The van der Waals surface area contributed by atoms with Crippen molar-refractivity contribution < 1.29 is 8.85 Å². The summed E-state index contributed by atoms with van der Waals surface area (Å²) in [5, 5.41) is 0. The van der Waals surface area contributed by atoms with Gasteiger partial charge in [-0.25, -0.2) is 0 Å². The van der Waals surface area contributed by atoms with E-state index in [0.29, 0.717) is 17.3 Å². The Morgan fingerprint density at radius 1 is 0.933 bits per heavy atom. The second-order valence-electron chi connectivity index (χ2n) is 13.1. The fraction of sp³-hybridized carbons (Fsp3) is 0.769. The van der Waals surface area contributed by atoms with Crippen molar-refractivity contribution in [1.82, 2.24) is 0 Å². The largest absolute Gasteiger partial charge is 0.544 e. The maximum Gasteiger partial charge on any atom is 0.242 e. The van der Waals surface area contributed by atoms with Gasteiger partial charge in [-0.1, -0.05) is 47.1 Å². The zero-order chi connectivity index (χ0) is 22.7. The molecular formula is C26H46O2Si2. The predicted octanol–water partition coefficient (Wildman–Crippen LogP) is 8.40. The van der Waals surface area contributed by atoms with Crippen molar-refractivity contribution in [2.45, 2.75) is 117 Å². The van der Waals surface area contributed by atoms with Crippen LogP contribution in [-0.4, -0.2) is 16.6 Å². The quantitative estimate of drug-likeness (QED) is 0.423. The predicted molar refractivity (Wildman–Crippen MR) is 135 cm³/mol. The van der Waals surface area contributed by atoms with Crippen LogP contribution in [0.15, 0.2) is 12.1 Å². The first-order valence-corrected chi connectivity index (χ1v) is 18.9. The number of fused-ring (bicyclic) bond motifs is 3. The third-order valence-corrected chi connectivity index (χ3v) is 9.18. The van der Waals surface area contributed by atoms with Crippen LogP contribution in [0.5, 0.6) is 5.75 Å². The third-order valence-electron chi connectivity index (χ3n) is 7.35. The summed E-state index contributed by atoms with van der Waals surface area (Å²) in [7, 11) is -3.39. The highest BCUT2D eigenvalue weighted by atomic mass is 28.4. The normalized spacial score (nSPS) is 28.8. The second kappa shape index (κ2) is 7.77. The van der Waals surface area contributed by atoms with Gasteiger partial charge in [0.2, 0.25) is 8.32 Å². The smallest absolute Gasteiger partial charge is 0.242 e. The van der Waals surface area contributed by atoms with Gasteiger partial charge < -0.3 is 8.85 Å². The Hall–Kier alpha value is -0.586. The van der Waals surface area contributed by atoms with Gasteiger partial charge in [0.15, 0.2) is 8.32 Å². The Balaban J connectivity index is 2.27. The van der Waals surface area contributed by atoms with E-state index in [9.17, 15) is 0 Å². The van der Waals surface area contributed by atoms with Crippen LogP contribution in [0.25, 0.3) is 0 Å². The lowest BCUT2D eigenvalue weighted by Crippen LogP contribution is -2.50. The average molecular weight is 447 g/mol. The molecule has 1 aromatic rings. The van der Waals surface area contributed by atoms with Crippen LogP contribution in [0, 0.1) is 11.3 Å². The molecule has 3 unspecified atom stereocenters. The minimum absolute atomic E-state index is 0.199. The molecule has 1 aromatic carbocycles. The molecule has 30 heavy (non-hydrogen) atoms. The average Bonchev–Trinajstić information content (AvgIpc) is 2.53. The van der Waals surface area contributed by atoms with E-state index in [2.05, 4.69) is 86.0 Å². The van der Waals surface area contributed by atoms with Gasteiger partial charge in [-0.3, -0.25) is 0 Å². The summed E-state index contributed by atoms with van der Waals surface area (Å²) in [6.07, 6.45) is 5.29. The highest BCUT2D eigenvalue weighted by Gasteiger charge is 2.53. The van der Waals surface area contributed by atoms with Crippen molar-refractivity contribution in [3.8, 4) is 5.75 Å². The molecule has 0 aliphatic heterocycles. The molecule has 3 atom stereocenters. The fourth-order valence-corrected chi connectivity index (χ4v) is 8.27. The van der Waals surface area contributed by atoms with Gasteiger partial charge in [0, 0.05) is 5.56 Å². The third kappa shape index (κ3) is 4.61. The molecule has 2 aliphatic rings. The van der Waals surface area contributed by atoms with E-state index in [0.717, 1.165) is 12.2 Å². The highest BCUT2D eigenvalue weighted by molar-refractivity contribution is 6.70. The highest BCUT2D eigenvalue weighted by Crippen LogP contribution is 2.61. The molecule has 0 radical (unpaired) electrons. The topological polar surface area (TPSA) is 18.5 Å². The van der Waals surface area contributed by atoms with Crippen molar-refractivity contribution in [3.63, 3.8) is 0 Å². The molecule has 2 aliphatic carbocycles. The molecule has 0 saturated heterocycles. The lowest BCUT2D eigenvalue weighted by Gasteiger charge is -2.57. The van der Waals surface area contributed by atoms with E-state index < -0.39 is 16.6 Å². The Morgan fingerprint density at radius 3 is 2.10 bits per heavy atom. The summed E-state index contributed by atoms with van der Waals surface area (Å²) in [6, 6.07) is 4.72. The number of benzene rings is 1. The van der Waals surface area contributed by atoms with Crippen LogP contribution < -0.4 is 4.43 Å². The summed E-state index contributed by atoms with van der Waals surface area (Å²) in [4.78, 5) is 0. The van der Waals surface area contributed by atoms with Gasteiger partial charge >= 0.3 is 0 Å². The number of rotatable bonds is 5. The van der Waals surface area contributed by atoms with E-state index in [-0.39, 0.29) is 11.5 Å². The molecule has 2 nitrogen and oxygen atoms in total. The molecule has 170 valence electrons. The van der Waals surface area contributed by atoms with Crippen molar-refractivity contribution in [3.05, 3.63) is 28.8 Å². The molecule has 3 rings (SSSR count). The van der Waals surface area contributed by atoms with Crippen LogP contribution in [0.3, 0.4) is 0 Å². The van der Waals surface area contributed by atoms with Crippen LogP contribution >= 0.6 is 0 Å². The van der Waals surface area contributed by atoms with Crippen molar-refractivity contribution in [2.75, 3.05) is 0 Å². The standard InChI is InChI=1S/C26H46O2Si2/c1-18(2)23-20(27-29(6,7)8)14-13-19-24(23)21(28-30(9,10)11)17-22-25(3,4)15-12-16-26(19,22)5/h13-14,18,21-22H,12,15-17H2,1-11H3. The Kier molecular flexibility index (Phi) is 6.23. The van der Waals surface area contributed by atoms with Gasteiger partial charge in [0.25, 0.3) is 0 Å². The lowest BCUT2D eigenvalue weighted by atomic mass is 9.49. The minimum Gasteiger partial charge on any atom is -0.544 e. The van der Waals surface area contributed by atoms with Crippen molar-refractivity contribution in [1.29, 1.82) is 0 Å². The van der Waals surface area contributed by atoms with Crippen LogP contribution in [0.1, 0.15) is 89.0 Å². The Labute approximate surface area is 188 Å². The van der Waals surface area contributed by atoms with Gasteiger partial charge in [0.1, 0.15) is 5.75 Å². The van der Waals surface area contributed by atoms with Crippen molar-refractivity contribution in [2.24, 2.45) is 11.3 Å². The number of hydrogen-bond acceptors (Lipinski definition) is 2. The Morgan fingerprint density at radius 2 is 1.57 bits per heavy atom. The zero-order valence-corrected chi connectivity index (χ0v) is 23.5. The molecule has 4 heteroatoms. The number of hydrogen-bond donors (Lipinski definition) is 0. The SMILES string of the molecule is CC(C)c1c(O[Si](C)(C)C)ccc2c1C(O[Si](C)(C)C)CC1C(C)(C)CCCC21C. The van der Waals surface area contributed by atoms with Gasteiger partial charge in [-0.15, -0.1) is 0 Å². The molecule has 0 bridgehead atoms.